The summed E-state index contributed by atoms with van der Waals surface area (Å²) in [7, 11) is -2.72. The van der Waals surface area contributed by atoms with E-state index < -0.39 is 7.66 Å². The zero-order chi connectivity index (χ0) is 19.8. The van der Waals surface area contributed by atoms with Gasteiger partial charge in [0.05, 0.1) is 11.4 Å². The van der Waals surface area contributed by atoms with E-state index in [1.54, 1.807) is 0 Å². The van der Waals surface area contributed by atoms with Crippen LogP contribution >= 0.6 is 7.66 Å². The Bertz CT molecular complexity index is 1070. The minimum Gasteiger partial charge on any atom is -0.410 e. The van der Waals surface area contributed by atoms with Crippen LogP contribution in [0.2, 0.25) is 0 Å². The molecule has 0 aliphatic carbocycles. The highest BCUT2D eigenvalue weighted by Gasteiger charge is 2.49. The Morgan fingerprint density at radius 1 is 0.793 bits per heavy atom. The SMILES string of the molecule is CCC(C)N1c2ccccc2N=P12OC(c1ccccc1)=C(c1ccccc1)O2. The van der Waals surface area contributed by atoms with Crippen molar-refractivity contribution in [3.8, 4) is 0 Å². The van der Waals surface area contributed by atoms with Gasteiger partial charge in [-0.05, 0) is 25.5 Å². The van der Waals surface area contributed by atoms with Crippen LogP contribution in [0.15, 0.2) is 89.7 Å². The van der Waals surface area contributed by atoms with Crippen LogP contribution in [0, 0.1) is 0 Å². The average molecular weight is 402 g/mol. The molecule has 2 aliphatic rings. The maximum atomic E-state index is 6.71. The van der Waals surface area contributed by atoms with Crippen molar-refractivity contribution in [2.45, 2.75) is 26.3 Å². The van der Waals surface area contributed by atoms with Gasteiger partial charge in [0.2, 0.25) is 0 Å². The fourth-order valence-electron chi connectivity index (χ4n) is 3.74. The van der Waals surface area contributed by atoms with E-state index in [1.807, 2.05) is 54.6 Å². The van der Waals surface area contributed by atoms with E-state index in [1.165, 1.54) is 0 Å². The third-order valence-corrected chi connectivity index (χ3v) is 7.81. The zero-order valence-corrected chi connectivity index (χ0v) is 17.4. The first-order chi connectivity index (χ1) is 14.2. The third-order valence-electron chi connectivity index (χ3n) is 5.34. The van der Waals surface area contributed by atoms with Gasteiger partial charge < -0.3 is 9.05 Å². The van der Waals surface area contributed by atoms with Crippen molar-refractivity contribution in [3.05, 3.63) is 96.1 Å². The molecule has 0 fully saturated rings. The predicted octanol–water partition coefficient (Wildman–Crippen LogP) is 7.46. The summed E-state index contributed by atoms with van der Waals surface area (Å²) in [4.78, 5) is 0. The summed E-state index contributed by atoms with van der Waals surface area (Å²) in [5.74, 6) is 1.52. The van der Waals surface area contributed by atoms with Gasteiger partial charge in [-0.15, -0.1) is 0 Å². The lowest BCUT2D eigenvalue weighted by atomic mass is 10.1. The van der Waals surface area contributed by atoms with Crippen molar-refractivity contribution >= 4 is 30.6 Å². The molecular formula is C24H23N2O2P. The number of hydrogen-bond donors (Lipinski definition) is 0. The molecule has 0 radical (unpaired) electrons. The Morgan fingerprint density at radius 2 is 1.31 bits per heavy atom. The molecule has 1 atom stereocenters. The lowest BCUT2D eigenvalue weighted by Gasteiger charge is -2.32. The third kappa shape index (κ3) is 2.95. The zero-order valence-electron chi connectivity index (χ0n) is 16.5. The Labute approximate surface area is 171 Å². The van der Waals surface area contributed by atoms with Crippen LogP contribution in [-0.2, 0) is 9.05 Å². The Kier molecular flexibility index (Phi) is 4.44. The second-order valence-corrected chi connectivity index (χ2v) is 9.23. The van der Waals surface area contributed by atoms with Crippen LogP contribution in [0.1, 0.15) is 31.4 Å². The molecule has 0 bridgehead atoms. The van der Waals surface area contributed by atoms with Gasteiger partial charge >= 0.3 is 7.66 Å². The minimum absolute atomic E-state index is 0.239. The molecule has 29 heavy (non-hydrogen) atoms. The van der Waals surface area contributed by atoms with Crippen molar-refractivity contribution in [2.75, 3.05) is 4.67 Å². The number of anilines is 1. The molecular weight excluding hydrogens is 379 g/mol. The molecule has 4 nitrogen and oxygen atoms in total. The Hall–Kier alpha value is -2.97. The standard InChI is InChI=1S/C24H23N2O2P/c1-3-18(2)26-22-17-11-10-16-21(22)25-29(26)27-23(19-12-6-4-7-13-19)24(28-29)20-14-8-5-9-15-20/h4-18H,3H2,1-2H3. The first kappa shape index (κ1) is 18.1. The first-order valence-corrected chi connectivity index (χ1v) is 11.5. The molecule has 0 saturated carbocycles. The Morgan fingerprint density at radius 3 is 1.86 bits per heavy atom. The van der Waals surface area contributed by atoms with Crippen molar-refractivity contribution in [1.82, 2.24) is 0 Å². The highest BCUT2D eigenvalue weighted by Crippen LogP contribution is 2.73. The topological polar surface area (TPSA) is 34.1 Å². The number of fused-ring (bicyclic) bond motifs is 1. The number of benzene rings is 3. The molecule has 3 aromatic rings. The van der Waals surface area contributed by atoms with Gasteiger partial charge in [-0.25, -0.2) is 0 Å². The van der Waals surface area contributed by atoms with Gasteiger partial charge in [-0.3, -0.25) is 4.67 Å². The van der Waals surface area contributed by atoms with Crippen LogP contribution in [0.3, 0.4) is 0 Å². The fourth-order valence-corrected chi connectivity index (χ4v) is 6.53. The molecule has 5 rings (SSSR count). The molecule has 0 amide bonds. The van der Waals surface area contributed by atoms with Gasteiger partial charge in [0.15, 0.2) is 11.5 Å². The summed E-state index contributed by atoms with van der Waals surface area (Å²) >= 11 is 0. The summed E-state index contributed by atoms with van der Waals surface area (Å²) in [5, 5.41) is 0. The first-order valence-electron chi connectivity index (χ1n) is 9.97. The van der Waals surface area contributed by atoms with E-state index in [2.05, 4.69) is 48.8 Å². The lowest BCUT2D eigenvalue weighted by molar-refractivity contribution is 0.470. The van der Waals surface area contributed by atoms with Gasteiger partial charge in [-0.1, -0.05) is 79.7 Å². The van der Waals surface area contributed by atoms with Crippen LogP contribution in [0.4, 0.5) is 11.4 Å². The summed E-state index contributed by atoms with van der Waals surface area (Å²) in [5.41, 5.74) is 4.01. The van der Waals surface area contributed by atoms with Crippen molar-refractivity contribution in [3.63, 3.8) is 0 Å². The average Bonchev–Trinajstić information content (AvgIpc) is 3.32. The van der Waals surface area contributed by atoms with Gasteiger partial charge in [0.1, 0.15) is 0 Å². The molecule has 0 aromatic heterocycles. The minimum atomic E-state index is -2.72. The monoisotopic (exact) mass is 402 g/mol. The Balaban J connectivity index is 1.68. The fraction of sp³-hybridized carbons (Fsp3) is 0.167. The van der Waals surface area contributed by atoms with Crippen molar-refractivity contribution in [2.24, 2.45) is 4.74 Å². The highest BCUT2D eigenvalue weighted by molar-refractivity contribution is 7.60. The van der Waals surface area contributed by atoms with Crippen molar-refractivity contribution in [1.29, 1.82) is 0 Å². The smallest absolute Gasteiger partial charge is 0.410 e. The summed E-state index contributed by atoms with van der Waals surface area (Å²) in [6, 6.07) is 28.8. The molecule has 2 heterocycles. The van der Waals surface area contributed by atoms with E-state index in [0.717, 1.165) is 40.4 Å². The van der Waals surface area contributed by atoms with Crippen molar-refractivity contribution < 1.29 is 9.05 Å². The van der Waals surface area contributed by atoms with Gasteiger partial charge in [0.25, 0.3) is 0 Å². The molecule has 5 heteroatoms. The van der Waals surface area contributed by atoms with E-state index in [4.69, 9.17) is 13.8 Å². The molecule has 3 aromatic carbocycles. The summed E-state index contributed by atoms with van der Waals surface area (Å²) in [6.07, 6.45) is 0.972. The lowest BCUT2D eigenvalue weighted by Crippen LogP contribution is -2.28. The van der Waals surface area contributed by atoms with E-state index in [0.29, 0.717) is 0 Å². The van der Waals surface area contributed by atoms with E-state index in [-0.39, 0.29) is 6.04 Å². The largest absolute Gasteiger partial charge is 0.431 e. The quantitative estimate of drug-likeness (QED) is 0.425. The maximum absolute atomic E-state index is 6.71. The van der Waals surface area contributed by atoms with Gasteiger partial charge in [-0.2, -0.15) is 4.74 Å². The van der Waals surface area contributed by atoms with E-state index >= 15 is 0 Å². The maximum Gasteiger partial charge on any atom is 0.431 e. The number of para-hydroxylation sites is 1. The summed E-state index contributed by atoms with van der Waals surface area (Å²) < 4.78 is 20.7. The summed E-state index contributed by atoms with van der Waals surface area (Å²) in [6.45, 7) is 4.39. The van der Waals surface area contributed by atoms with Crippen LogP contribution < -0.4 is 4.67 Å². The van der Waals surface area contributed by atoms with Gasteiger partial charge in [0, 0.05) is 17.2 Å². The molecule has 2 aliphatic heterocycles. The number of hydrogen-bond acceptors (Lipinski definition) is 4. The molecule has 0 N–H and O–H groups in total. The van der Waals surface area contributed by atoms with Crippen LogP contribution in [0.5, 0.6) is 0 Å². The van der Waals surface area contributed by atoms with Crippen LogP contribution in [-0.4, -0.2) is 6.04 Å². The predicted molar refractivity (Wildman–Crippen MR) is 120 cm³/mol. The number of nitrogens with zero attached hydrogens (tertiary/aromatic N) is 2. The molecule has 0 saturated heterocycles. The molecule has 146 valence electrons. The molecule has 1 spiro atoms. The number of rotatable bonds is 4. The van der Waals surface area contributed by atoms with Crippen LogP contribution in [0.25, 0.3) is 11.5 Å². The normalized spacial score (nSPS) is 17.5. The molecule has 1 unspecified atom stereocenters. The second kappa shape index (κ2) is 7.13. The highest BCUT2D eigenvalue weighted by atomic mass is 31.2. The second-order valence-electron chi connectivity index (χ2n) is 7.25. The van der Waals surface area contributed by atoms with E-state index in [9.17, 15) is 0 Å².